The van der Waals surface area contributed by atoms with E-state index in [2.05, 4.69) is 70.5 Å². The summed E-state index contributed by atoms with van der Waals surface area (Å²) < 4.78 is 11.1. The minimum absolute atomic E-state index is 0.295. The summed E-state index contributed by atoms with van der Waals surface area (Å²) in [5, 5.41) is 7.17. The second kappa shape index (κ2) is 12.4. The van der Waals surface area contributed by atoms with Crippen molar-refractivity contribution in [3.63, 3.8) is 0 Å². The van der Waals surface area contributed by atoms with Crippen molar-refractivity contribution in [3.05, 3.63) is 35.4 Å². The first kappa shape index (κ1) is 24.0. The van der Waals surface area contributed by atoms with E-state index in [0.717, 1.165) is 71.7 Å². The molecule has 2 unspecified atom stereocenters. The van der Waals surface area contributed by atoms with Crippen LogP contribution in [0.4, 0.5) is 0 Å². The highest BCUT2D eigenvalue weighted by atomic mass is 16.5. The molecule has 31 heavy (non-hydrogen) atoms. The Bertz CT molecular complexity index is 667. The second-order valence-corrected chi connectivity index (χ2v) is 8.87. The molecule has 7 heteroatoms. The van der Waals surface area contributed by atoms with Crippen molar-refractivity contribution >= 4 is 5.96 Å². The Morgan fingerprint density at radius 2 is 1.45 bits per heavy atom. The normalized spacial score (nSPS) is 21.1. The number of ether oxygens (including phenoxy) is 2. The van der Waals surface area contributed by atoms with Gasteiger partial charge in [-0.1, -0.05) is 43.7 Å². The number of hydrogen-bond acceptors (Lipinski definition) is 5. The van der Waals surface area contributed by atoms with Gasteiger partial charge in [0.1, 0.15) is 0 Å². The maximum absolute atomic E-state index is 5.58. The monoisotopic (exact) mass is 431 g/mol. The molecule has 0 saturated carbocycles. The van der Waals surface area contributed by atoms with Gasteiger partial charge in [-0.2, -0.15) is 0 Å². The summed E-state index contributed by atoms with van der Waals surface area (Å²) in [6, 6.07) is 9.66. The summed E-state index contributed by atoms with van der Waals surface area (Å²) >= 11 is 0. The maximum Gasteiger partial charge on any atom is 0.191 e. The summed E-state index contributed by atoms with van der Waals surface area (Å²) in [6.07, 6.45) is 0. The number of hydrogen-bond donors (Lipinski definition) is 2. The summed E-state index contributed by atoms with van der Waals surface area (Å²) in [5.41, 5.74) is 2.63. The van der Waals surface area contributed by atoms with Crippen LogP contribution in [0.25, 0.3) is 0 Å². The van der Waals surface area contributed by atoms with Gasteiger partial charge in [0.15, 0.2) is 5.96 Å². The molecular formula is C24H41N5O2. The summed E-state index contributed by atoms with van der Waals surface area (Å²) in [6.45, 7) is 15.6. The van der Waals surface area contributed by atoms with Gasteiger partial charge in [-0.25, -0.2) is 0 Å². The van der Waals surface area contributed by atoms with Crippen molar-refractivity contribution in [2.75, 3.05) is 72.7 Å². The number of aryl methyl sites for hydroxylation is 1. The third-order valence-corrected chi connectivity index (χ3v) is 6.40. The highest BCUT2D eigenvalue weighted by Crippen LogP contribution is 2.22. The Morgan fingerprint density at radius 3 is 2.00 bits per heavy atom. The lowest BCUT2D eigenvalue weighted by atomic mass is 10.0. The Kier molecular flexibility index (Phi) is 9.58. The highest BCUT2D eigenvalue weighted by Gasteiger charge is 2.25. The van der Waals surface area contributed by atoms with Crippen LogP contribution in [0.2, 0.25) is 0 Å². The van der Waals surface area contributed by atoms with E-state index in [0.29, 0.717) is 18.0 Å². The third-order valence-electron chi connectivity index (χ3n) is 6.40. The van der Waals surface area contributed by atoms with Crippen molar-refractivity contribution < 1.29 is 9.47 Å². The lowest BCUT2D eigenvalue weighted by Gasteiger charge is -2.37. The molecule has 7 nitrogen and oxygen atoms in total. The molecule has 0 aliphatic carbocycles. The molecule has 0 bridgehead atoms. The largest absolute Gasteiger partial charge is 0.379 e. The first-order valence-electron chi connectivity index (χ1n) is 11.7. The first-order valence-corrected chi connectivity index (χ1v) is 11.7. The van der Waals surface area contributed by atoms with E-state index in [4.69, 9.17) is 9.47 Å². The Morgan fingerprint density at radius 1 is 0.903 bits per heavy atom. The van der Waals surface area contributed by atoms with Crippen LogP contribution in [-0.2, 0) is 9.47 Å². The van der Waals surface area contributed by atoms with Gasteiger partial charge in [-0.15, -0.1) is 0 Å². The number of morpholine rings is 2. The van der Waals surface area contributed by atoms with Crippen molar-refractivity contribution in [1.29, 1.82) is 0 Å². The Labute approximate surface area is 188 Å². The molecule has 0 amide bonds. The van der Waals surface area contributed by atoms with Crippen molar-refractivity contribution in [2.24, 2.45) is 10.9 Å². The van der Waals surface area contributed by atoms with Crippen LogP contribution in [0.5, 0.6) is 0 Å². The van der Waals surface area contributed by atoms with Gasteiger partial charge < -0.3 is 20.1 Å². The topological polar surface area (TPSA) is 61.4 Å². The zero-order valence-electron chi connectivity index (χ0n) is 19.8. The molecule has 0 radical (unpaired) electrons. The molecule has 2 N–H and O–H groups in total. The number of rotatable bonds is 8. The standard InChI is InChI=1S/C24H41N5O2/c1-19(2)22(28-9-13-30-14-10-28)17-26-24(25-4)27-18-23(29-11-15-31-16-12-29)21-7-5-20(3)6-8-21/h5-8,19,22-23H,9-18H2,1-4H3,(H2,25,26,27). The fraction of sp³-hybridized carbons (Fsp3) is 0.708. The molecule has 174 valence electrons. The molecule has 2 aliphatic heterocycles. The minimum Gasteiger partial charge on any atom is -0.379 e. The number of guanidine groups is 1. The molecule has 2 aliphatic rings. The fourth-order valence-electron chi connectivity index (χ4n) is 4.45. The fourth-order valence-corrected chi connectivity index (χ4v) is 4.45. The lowest BCUT2D eigenvalue weighted by Crippen LogP contribution is -2.53. The van der Waals surface area contributed by atoms with Gasteiger partial charge in [-0.3, -0.25) is 14.8 Å². The van der Waals surface area contributed by atoms with Crippen LogP contribution >= 0.6 is 0 Å². The molecule has 2 heterocycles. The maximum atomic E-state index is 5.58. The predicted molar refractivity (Wildman–Crippen MR) is 127 cm³/mol. The van der Waals surface area contributed by atoms with Gasteiger partial charge in [-0.05, 0) is 18.4 Å². The summed E-state index contributed by atoms with van der Waals surface area (Å²) in [7, 11) is 1.85. The van der Waals surface area contributed by atoms with E-state index in [9.17, 15) is 0 Å². The van der Waals surface area contributed by atoms with Crippen molar-refractivity contribution in [3.8, 4) is 0 Å². The SMILES string of the molecule is CN=C(NCC(c1ccc(C)cc1)N1CCOCC1)NCC(C(C)C)N1CCOCC1. The van der Waals surface area contributed by atoms with E-state index < -0.39 is 0 Å². The number of nitrogens with zero attached hydrogens (tertiary/aromatic N) is 3. The average molecular weight is 432 g/mol. The van der Waals surface area contributed by atoms with Crippen LogP contribution in [0.15, 0.2) is 29.3 Å². The van der Waals surface area contributed by atoms with Crippen LogP contribution < -0.4 is 10.6 Å². The molecule has 2 saturated heterocycles. The van der Waals surface area contributed by atoms with Crippen molar-refractivity contribution in [1.82, 2.24) is 20.4 Å². The van der Waals surface area contributed by atoms with Crippen LogP contribution in [0.3, 0.4) is 0 Å². The van der Waals surface area contributed by atoms with Crippen LogP contribution in [0.1, 0.15) is 31.0 Å². The van der Waals surface area contributed by atoms with Crippen LogP contribution in [-0.4, -0.2) is 94.5 Å². The van der Waals surface area contributed by atoms with Crippen LogP contribution in [0, 0.1) is 12.8 Å². The van der Waals surface area contributed by atoms with E-state index in [1.54, 1.807) is 0 Å². The number of aliphatic imine (C=N–C) groups is 1. The highest BCUT2D eigenvalue weighted by molar-refractivity contribution is 5.79. The molecule has 3 rings (SSSR count). The summed E-state index contributed by atoms with van der Waals surface area (Å²) in [5.74, 6) is 1.43. The number of benzene rings is 1. The zero-order chi connectivity index (χ0) is 22.1. The second-order valence-electron chi connectivity index (χ2n) is 8.87. The smallest absolute Gasteiger partial charge is 0.191 e. The van der Waals surface area contributed by atoms with Crippen molar-refractivity contribution in [2.45, 2.75) is 32.9 Å². The van der Waals surface area contributed by atoms with Gasteiger partial charge in [0, 0.05) is 52.4 Å². The quantitative estimate of drug-likeness (QED) is 0.484. The molecule has 2 atom stereocenters. The molecule has 1 aromatic rings. The predicted octanol–water partition coefficient (Wildman–Crippen LogP) is 1.89. The molecule has 0 spiro atoms. The van der Waals surface area contributed by atoms with Gasteiger partial charge >= 0.3 is 0 Å². The average Bonchev–Trinajstić information content (AvgIpc) is 2.80. The third kappa shape index (κ3) is 7.17. The Hall–Kier alpha value is -1.67. The van der Waals surface area contributed by atoms with Gasteiger partial charge in [0.05, 0.1) is 32.5 Å². The van der Waals surface area contributed by atoms with E-state index >= 15 is 0 Å². The number of nitrogens with one attached hydrogen (secondary N) is 2. The zero-order valence-corrected chi connectivity index (χ0v) is 19.8. The lowest BCUT2D eigenvalue weighted by molar-refractivity contribution is 0.00747. The van der Waals surface area contributed by atoms with E-state index in [1.807, 2.05) is 7.05 Å². The van der Waals surface area contributed by atoms with E-state index in [1.165, 1.54) is 11.1 Å². The van der Waals surface area contributed by atoms with Gasteiger partial charge in [0.25, 0.3) is 0 Å². The molecule has 0 aromatic heterocycles. The summed E-state index contributed by atoms with van der Waals surface area (Å²) in [4.78, 5) is 9.55. The minimum atomic E-state index is 0.295. The molecular weight excluding hydrogens is 390 g/mol. The van der Waals surface area contributed by atoms with Gasteiger partial charge in [0.2, 0.25) is 0 Å². The molecule has 1 aromatic carbocycles. The Balaban J connectivity index is 1.59. The molecule has 2 fully saturated rings. The van der Waals surface area contributed by atoms with E-state index in [-0.39, 0.29) is 0 Å². The first-order chi connectivity index (χ1) is 15.1.